The number of anilines is 1. The molecule has 1 amide bonds. The Morgan fingerprint density at radius 1 is 1.22 bits per heavy atom. The highest BCUT2D eigenvalue weighted by molar-refractivity contribution is 6.30. The average Bonchev–Trinajstić information content (AvgIpc) is 3.07. The predicted octanol–water partition coefficient (Wildman–Crippen LogP) is 2.20. The smallest absolute Gasteiger partial charge is 0.251 e. The molecule has 3 aromatic rings. The first-order chi connectivity index (χ1) is 13.2. The molecule has 0 bridgehead atoms. The molecule has 0 aliphatic rings. The fourth-order valence-electron chi connectivity index (χ4n) is 2.54. The van der Waals surface area contributed by atoms with Gasteiger partial charge in [-0.25, -0.2) is 0 Å². The molecule has 2 heterocycles. The number of hydrogen-bond acceptors (Lipinski definition) is 6. The molecule has 0 atom stereocenters. The molecule has 27 heavy (non-hydrogen) atoms. The third kappa shape index (κ3) is 5.15. The minimum Gasteiger partial charge on any atom is -0.385 e. The zero-order chi connectivity index (χ0) is 19.1. The Kier molecular flexibility index (Phi) is 6.56. The summed E-state index contributed by atoms with van der Waals surface area (Å²) in [6, 6.07) is 10.5. The average molecular weight is 389 g/mol. The van der Waals surface area contributed by atoms with Crippen molar-refractivity contribution < 1.29 is 9.53 Å². The monoisotopic (exact) mass is 388 g/mol. The predicted molar refractivity (Wildman–Crippen MR) is 103 cm³/mol. The Bertz CT molecular complexity index is 914. The van der Waals surface area contributed by atoms with Gasteiger partial charge in [0.15, 0.2) is 11.5 Å². The van der Waals surface area contributed by atoms with Crippen molar-refractivity contribution in [2.45, 2.75) is 12.8 Å². The lowest BCUT2D eigenvalue weighted by atomic mass is 10.2. The molecule has 142 valence electrons. The lowest BCUT2D eigenvalue weighted by Crippen LogP contribution is -2.26. The number of halogens is 1. The largest absolute Gasteiger partial charge is 0.385 e. The highest BCUT2D eigenvalue weighted by Crippen LogP contribution is 2.11. The van der Waals surface area contributed by atoms with Crippen molar-refractivity contribution in [2.75, 3.05) is 32.1 Å². The van der Waals surface area contributed by atoms with E-state index in [1.165, 1.54) is 0 Å². The van der Waals surface area contributed by atoms with Gasteiger partial charge in [-0.15, -0.1) is 15.3 Å². The Labute approximate surface area is 161 Å². The van der Waals surface area contributed by atoms with Crippen LogP contribution in [-0.2, 0) is 11.2 Å². The summed E-state index contributed by atoms with van der Waals surface area (Å²) in [5.74, 6) is 1.24. The minimum atomic E-state index is -0.181. The van der Waals surface area contributed by atoms with Crippen LogP contribution in [0.15, 0.2) is 36.4 Å². The Morgan fingerprint density at radius 2 is 2.11 bits per heavy atom. The lowest BCUT2D eigenvalue weighted by Gasteiger charge is -2.07. The number of fused-ring (bicyclic) bond motifs is 1. The molecule has 0 aliphatic carbocycles. The Hall–Kier alpha value is -2.71. The number of methoxy groups -OCH3 is 1. The van der Waals surface area contributed by atoms with Crippen LogP contribution in [0.4, 0.5) is 5.82 Å². The van der Waals surface area contributed by atoms with Gasteiger partial charge >= 0.3 is 0 Å². The zero-order valence-corrected chi connectivity index (χ0v) is 15.7. The van der Waals surface area contributed by atoms with Crippen molar-refractivity contribution in [3.63, 3.8) is 0 Å². The van der Waals surface area contributed by atoms with Gasteiger partial charge in [-0.3, -0.25) is 4.79 Å². The number of nitrogens with one attached hydrogen (secondary N) is 2. The van der Waals surface area contributed by atoms with E-state index in [0.29, 0.717) is 41.6 Å². The van der Waals surface area contributed by atoms with Gasteiger partial charge in [0.2, 0.25) is 0 Å². The molecular weight excluding hydrogens is 368 g/mol. The highest BCUT2D eigenvalue weighted by atomic mass is 35.5. The van der Waals surface area contributed by atoms with Gasteiger partial charge in [-0.05, 0) is 36.8 Å². The summed E-state index contributed by atoms with van der Waals surface area (Å²) in [7, 11) is 1.68. The first-order valence-corrected chi connectivity index (χ1v) is 9.03. The number of benzene rings is 1. The molecule has 0 radical (unpaired) electrons. The van der Waals surface area contributed by atoms with Gasteiger partial charge in [0.1, 0.15) is 5.82 Å². The number of ether oxygens (including phenoxy) is 1. The fourth-order valence-corrected chi connectivity index (χ4v) is 2.73. The summed E-state index contributed by atoms with van der Waals surface area (Å²) in [6.45, 7) is 1.87. The number of carbonyl (C=O) groups excluding carboxylic acids is 1. The van der Waals surface area contributed by atoms with Crippen LogP contribution in [0.1, 0.15) is 22.6 Å². The second-order valence-corrected chi connectivity index (χ2v) is 6.33. The molecule has 0 fully saturated rings. The van der Waals surface area contributed by atoms with Crippen LogP contribution in [0.25, 0.3) is 5.65 Å². The third-order valence-electron chi connectivity index (χ3n) is 3.88. The number of hydrogen-bond donors (Lipinski definition) is 2. The van der Waals surface area contributed by atoms with Crippen molar-refractivity contribution in [3.05, 3.63) is 52.8 Å². The topological polar surface area (TPSA) is 93.4 Å². The molecule has 2 aromatic heterocycles. The highest BCUT2D eigenvalue weighted by Gasteiger charge is 2.10. The van der Waals surface area contributed by atoms with E-state index in [1.807, 2.05) is 12.1 Å². The summed E-state index contributed by atoms with van der Waals surface area (Å²) in [5.41, 5.74) is 1.18. The van der Waals surface area contributed by atoms with Crippen LogP contribution < -0.4 is 10.6 Å². The van der Waals surface area contributed by atoms with E-state index >= 15 is 0 Å². The van der Waals surface area contributed by atoms with E-state index in [1.54, 1.807) is 35.9 Å². The van der Waals surface area contributed by atoms with Crippen molar-refractivity contribution in [3.8, 4) is 0 Å². The van der Waals surface area contributed by atoms with E-state index in [9.17, 15) is 4.79 Å². The normalized spacial score (nSPS) is 10.9. The zero-order valence-electron chi connectivity index (χ0n) is 15.0. The van der Waals surface area contributed by atoms with Crippen molar-refractivity contribution in [1.29, 1.82) is 0 Å². The summed E-state index contributed by atoms with van der Waals surface area (Å²) in [6.07, 6.45) is 1.40. The van der Waals surface area contributed by atoms with E-state index in [2.05, 4.69) is 25.9 Å². The summed E-state index contributed by atoms with van der Waals surface area (Å²) < 4.78 is 6.72. The second-order valence-electron chi connectivity index (χ2n) is 5.89. The molecule has 9 heteroatoms. The van der Waals surface area contributed by atoms with Crippen LogP contribution >= 0.6 is 11.6 Å². The summed E-state index contributed by atoms with van der Waals surface area (Å²) in [5, 5.41) is 19.4. The van der Waals surface area contributed by atoms with Gasteiger partial charge < -0.3 is 15.4 Å². The van der Waals surface area contributed by atoms with Gasteiger partial charge in [0, 0.05) is 43.8 Å². The molecule has 8 nitrogen and oxygen atoms in total. The van der Waals surface area contributed by atoms with Crippen molar-refractivity contribution in [2.24, 2.45) is 0 Å². The molecule has 3 rings (SSSR count). The van der Waals surface area contributed by atoms with Crippen LogP contribution in [0.2, 0.25) is 5.02 Å². The quantitative estimate of drug-likeness (QED) is 0.546. The van der Waals surface area contributed by atoms with Gasteiger partial charge in [0.25, 0.3) is 5.91 Å². The first-order valence-electron chi connectivity index (χ1n) is 8.65. The maximum Gasteiger partial charge on any atom is 0.251 e. The van der Waals surface area contributed by atoms with E-state index < -0.39 is 0 Å². The van der Waals surface area contributed by atoms with Gasteiger partial charge in [0.05, 0.1) is 0 Å². The maximum atomic E-state index is 12.2. The van der Waals surface area contributed by atoms with E-state index in [0.717, 1.165) is 18.8 Å². The standard InChI is InChI=1S/C18H21ClN6O2/c1-27-11-3-9-20-15-6-7-16-22-23-17(25(16)24-15)8-10-21-18(26)13-4-2-5-14(19)12-13/h2,4-7,12H,3,8-11H2,1H3,(H,20,24)(H,21,26). The minimum absolute atomic E-state index is 0.181. The number of nitrogens with zero attached hydrogens (tertiary/aromatic N) is 4. The fraction of sp³-hybridized carbons (Fsp3) is 0.333. The third-order valence-corrected chi connectivity index (χ3v) is 4.11. The number of amides is 1. The first kappa shape index (κ1) is 19.1. The van der Waals surface area contributed by atoms with Gasteiger partial charge in [-0.1, -0.05) is 17.7 Å². The van der Waals surface area contributed by atoms with E-state index in [-0.39, 0.29) is 5.91 Å². The lowest BCUT2D eigenvalue weighted by molar-refractivity contribution is 0.0954. The van der Waals surface area contributed by atoms with Crippen LogP contribution in [-0.4, -0.2) is 52.5 Å². The Morgan fingerprint density at radius 3 is 2.93 bits per heavy atom. The van der Waals surface area contributed by atoms with E-state index in [4.69, 9.17) is 16.3 Å². The maximum absolute atomic E-state index is 12.2. The number of carbonyl (C=O) groups is 1. The summed E-state index contributed by atoms with van der Waals surface area (Å²) in [4.78, 5) is 12.2. The second kappa shape index (κ2) is 9.29. The molecule has 2 N–H and O–H groups in total. The van der Waals surface area contributed by atoms with Crippen LogP contribution in [0, 0.1) is 0 Å². The van der Waals surface area contributed by atoms with Crippen molar-refractivity contribution in [1.82, 2.24) is 25.1 Å². The molecule has 0 aliphatic heterocycles. The van der Waals surface area contributed by atoms with Crippen LogP contribution in [0.5, 0.6) is 0 Å². The van der Waals surface area contributed by atoms with Crippen LogP contribution in [0.3, 0.4) is 0 Å². The van der Waals surface area contributed by atoms with Gasteiger partial charge in [-0.2, -0.15) is 4.52 Å². The number of rotatable bonds is 9. The summed E-state index contributed by atoms with van der Waals surface area (Å²) >= 11 is 5.92. The number of aromatic nitrogens is 4. The molecule has 0 saturated heterocycles. The Balaban J connectivity index is 1.58. The molecular formula is C18H21ClN6O2. The molecule has 0 spiro atoms. The molecule has 1 aromatic carbocycles. The molecule has 0 saturated carbocycles. The molecule has 0 unspecified atom stereocenters. The van der Waals surface area contributed by atoms with Crippen molar-refractivity contribution >= 4 is 29.0 Å². The SMILES string of the molecule is COCCCNc1ccc2nnc(CCNC(=O)c3cccc(Cl)c3)n2n1.